The Kier molecular flexibility index (Phi) is 2.51. The quantitative estimate of drug-likeness (QED) is 0.555. The normalized spacial score (nSPS) is 23.8. The lowest BCUT2D eigenvalue weighted by Crippen LogP contribution is -2.34. The molecule has 0 amide bonds. The van der Waals surface area contributed by atoms with Gasteiger partial charge in [0.25, 0.3) is 0 Å². The summed E-state index contributed by atoms with van der Waals surface area (Å²) in [5.41, 5.74) is 1.98. The molecule has 0 N–H and O–H groups in total. The molecule has 0 heterocycles. The van der Waals surface area contributed by atoms with E-state index in [1.165, 1.54) is 5.57 Å². The van der Waals surface area contributed by atoms with E-state index in [-0.39, 0.29) is 10.8 Å². The van der Waals surface area contributed by atoms with E-state index in [2.05, 4.69) is 52.5 Å². The number of allylic oxidation sites excluding steroid dienone is 5. The van der Waals surface area contributed by atoms with Crippen molar-refractivity contribution in [1.82, 2.24) is 0 Å². The largest absolute Gasteiger partial charge is 0.103 e. The molecule has 0 unspecified atom stereocenters. The van der Waals surface area contributed by atoms with Gasteiger partial charge in [-0.2, -0.15) is 0 Å². The Morgan fingerprint density at radius 3 is 2.46 bits per heavy atom. The Balaban J connectivity index is 3.04. The van der Waals surface area contributed by atoms with E-state index >= 15 is 0 Å². The summed E-state index contributed by atoms with van der Waals surface area (Å²) in [4.78, 5) is 0. The monoisotopic (exact) mass is 176 g/mol. The van der Waals surface area contributed by atoms with Crippen molar-refractivity contribution in [3.05, 3.63) is 36.5 Å². The summed E-state index contributed by atoms with van der Waals surface area (Å²) in [6, 6.07) is 0. The van der Waals surface area contributed by atoms with Gasteiger partial charge in [0.05, 0.1) is 0 Å². The highest BCUT2D eigenvalue weighted by Gasteiger charge is 2.38. The summed E-state index contributed by atoms with van der Waals surface area (Å²) in [5, 5.41) is 0. The van der Waals surface area contributed by atoms with Crippen molar-refractivity contribution < 1.29 is 0 Å². The zero-order valence-corrected chi connectivity index (χ0v) is 9.22. The molecule has 0 atom stereocenters. The van der Waals surface area contributed by atoms with Gasteiger partial charge in [-0.25, -0.2) is 0 Å². The molecule has 0 aliphatic heterocycles. The van der Waals surface area contributed by atoms with Crippen molar-refractivity contribution in [1.29, 1.82) is 0 Å². The average molecular weight is 176 g/mol. The molecular formula is C13H20. The van der Waals surface area contributed by atoms with Gasteiger partial charge in [-0.05, 0) is 17.3 Å². The molecule has 1 aliphatic carbocycles. The summed E-state index contributed by atoms with van der Waals surface area (Å²) in [6.07, 6.45) is 9.68. The summed E-state index contributed by atoms with van der Waals surface area (Å²) in [5.74, 6) is 0. The highest BCUT2D eigenvalue weighted by molar-refractivity contribution is 5.31. The van der Waals surface area contributed by atoms with Crippen LogP contribution in [0.1, 0.15) is 34.1 Å². The van der Waals surface area contributed by atoms with Crippen LogP contribution in [0, 0.1) is 10.8 Å². The van der Waals surface area contributed by atoms with Crippen LogP contribution in [0.5, 0.6) is 0 Å². The van der Waals surface area contributed by atoms with Crippen LogP contribution < -0.4 is 0 Å². The van der Waals surface area contributed by atoms with Crippen LogP contribution >= 0.6 is 0 Å². The van der Waals surface area contributed by atoms with E-state index in [1.54, 1.807) is 0 Å². The van der Waals surface area contributed by atoms with Gasteiger partial charge in [0.2, 0.25) is 0 Å². The lowest BCUT2D eigenvalue weighted by Gasteiger charge is -2.43. The molecule has 0 fully saturated rings. The van der Waals surface area contributed by atoms with E-state index in [0.717, 1.165) is 6.42 Å². The highest BCUT2D eigenvalue weighted by Crippen LogP contribution is 2.48. The molecule has 0 aromatic heterocycles. The molecule has 72 valence electrons. The predicted molar refractivity (Wildman–Crippen MR) is 59.6 cm³/mol. The van der Waals surface area contributed by atoms with E-state index in [1.807, 2.05) is 6.08 Å². The lowest BCUT2D eigenvalue weighted by atomic mass is 9.61. The van der Waals surface area contributed by atoms with Crippen molar-refractivity contribution in [3.8, 4) is 0 Å². The molecule has 1 rings (SSSR count). The van der Waals surface area contributed by atoms with Gasteiger partial charge in [-0.1, -0.05) is 57.6 Å². The molecule has 0 aromatic rings. The summed E-state index contributed by atoms with van der Waals surface area (Å²) < 4.78 is 0. The Bertz CT molecular complexity index is 262. The van der Waals surface area contributed by atoms with Crippen LogP contribution in [0.2, 0.25) is 0 Å². The summed E-state index contributed by atoms with van der Waals surface area (Å²) in [6.45, 7) is 13.0. The van der Waals surface area contributed by atoms with E-state index < -0.39 is 0 Å². The van der Waals surface area contributed by atoms with Crippen molar-refractivity contribution in [2.24, 2.45) is 10.8 Å². The lowest BCUT2D eigenvalue weighted by molar-refractivity contribution is 0.208. The molecule has 0 nitrogen and oxygen atoms in total. The maximum atomic E-state index is 3.80. The first-order valence-electron chi connectivity index (χ1n) is 4.91. The zero-order valence-electron chi connectivity index (χ0n) is 9.22. The highest BCUT2D eigenvalue weighted by atomic mass is 14.4. The molecule has 0 radical (unpaired) electrons. The third-order valence-electron chi connectivity index (χ3n) is 3.59. The van der Waals surface area contributed by atoms with Crippen molar-refractivity contribution >= 4 is 0 Å². The topological polar surface area (TPSA) is 0 Å². The Hall–Kier alpha value is -0.780. The molecule has 0 heteroatoms. The predicted octanol–water partition coefficient (Wildman–Crippen LogP) is 4.11. The van der Waals surface area contributed by atoms with Crippen LogP contribution in [0.4, 0.5) is 0 Å². The molecule has 0 aromatic carbocycles. The van der Waals surface area contributed by atoms with Crippen LogP contribution in [-0.4, -0.2) is 0 Å². The molecule has 1 aliphatic rings. The standard InChI is InChI=1S/C13H20/c1-6-8-11-9-7-10-12(2,3)13(11,4)5/h6-7,9-10H,1,8H2,2-5H3. The SMILES string of the molecule is C=CCC1=CC=CC(C)(C)C1(C)C. The van der Waals surface area contributed by atoms with Gasteiger partial charge >= 0.3 is 0 Å². The van der Waals surface area contributed by atoms with Crippen LogP contribution in [0.3, 0.4) is 0 Å². The minimum absolute atomic E-state index is 0.246. The fourth-order valence-electron chi connectivity index (χ4n) is 1.71. The second-order valence-corrected chi connectivity index (χ2v) is 4.89. The zero-order chi connectivity index (χ0) is 10.1. The molecule has 0 saturated heterocycles. The van der Waals surface area contributed by atoms with Gasteiger partial charge in [0.1, 0.15) is 0 Å². The van der Waals surface area contributed by atoms with Gasteiger partial charge in [-0.15, -0.1) is 6.58 Å². The minimum Gasteiger partial charge on any atom is -0.103 e. The average Bonchev–Trinajstić information content (AvgIpc) is 2.00. The second-order valence-electron chi connectivity index (χ2n) is 4.89. The van der Waals surface area contributed by atoms with E-state index in [0.29, 0.717) is 0 Å². The van der Waals surface area contributed by atoms with E-state index in [4.69, 9.17) is 0 Å². The van der Waals surface area contributed by atoms with E-state index in [9.17, 15) is 0 Å². The Labute approximate surface area is 82.0 Å². The molecule has 13 heavy (non-hydrogen) atoms. The molecule has 0 saturated carbocycles. The maximum Gasteiger partial charge on any atom is -0.00527 e. The van der Waals surface area contributed by atoms with Gasteiger partial charge in [0, 0.05) is 0 Å². The first-order valence-corrected chi connectivity index (χ1v) is 4.91. The van der Waals surface area contributed by atoms with Crippen LogP contribution in [0.25, 0.3) is 0 Å². The summed E-state index contributed by atoms with van der Waals surface area (Å²) >= 11 is 0. The second kappa shape index (κ2) is 3.17. The van der Waals surface area contributed by atoms with Crippen LogP contribution in [0.15, 0.2) is 36.5 Å². The first kappa shape index (κ1) is 10.3. The fraction of sp³-hybridized carbons (Fsp3) is 0.538. The number of rotatable bonds is 2. The maximum absolute atomic E-state index is 3.80. The molecule has 0 bridgehead atoms. The third kappa shape index (κ3) is 1.63. The number of hydrogen-bond donors (Lipinski definition) is 0. The summed E-state index contributed by atoms with van der Waals surface area (Å²) in [7, 11) is 0. The fourth-order valence-corrected chi connectivity index (χ4v) is 1.71. The Morgan fingerprint density at radius 2 is 1.92 bits per heavy atom. The van der Waals surface area contributed by atoms with Gasteiger partial charge in [-0.3, -0.25) is 0 Å². The van der Waals surface area contributed by atoms with Crippen LogP contribution in [-0.2, 0) is 0 Å². The smallest absolute Gasteiger partial charge is 0.00527 e. The van der Waals surface area contributed by atoms with Gasteiger partial charge in [0.15, 0.2) is 0 Å². The first-order chi connectivity index (χ1) is 5.92. The molecular weight excluding hydrogens is 156 g/mol. The molecule has 0 spiro atoms. The number of hydrogen-bond acceptors (Lipinski definition) is 0. The Morgan fingerprint density at radius 1 is 1.31 bits per heavy atom. The third-order valence-corrected chi connectivity index (χ3v) is 3.59. The van der Waals surface area contributed by atoms with Crippen molar-refractivity contribution in [3.63, 3.8) is 0 Å². The van der Waals surface area contributed by atoms with Crippen molar-refractivity contribution in [2.75, 3.05) is 0 Å². The van der Waals surface area contributed by atoms with Crippen molar-refractivity contribution in [2.45, 2.75) is 34.1 Å². The minimum atomic E-state index is 0.246. The van der Waals surface area contributed by atoms with Gasteiger partial charge < -0.3 is 0 Å².